The zero-order valence-electron chi connectivity index (χ0n) is 12.0. The number of piperidine rings is 1. The number of nitriles is 1. The summed E-state index contributed by atoms with van der Waals surface area (Å²) in [7, 11) is 0. The van der Waals surface area contributed by atoms with E-state index in [1.165, 1.54) is 0 Å². The molecule has 0 aromatic heterocycles. The van der Waals surface area contributed by atoms with Crippen molar-refractivity contribution in [3.8, 4) is 11.8 Å². The van der Waals surface area contributed by atoms with Gasteiger partial charge in [-0.1, -0.05) is 6.07 Å². The molecule has 1 aliphatic rings. The zero-order valence-corrected chi connectivity index (χ0v) is 12.0. The van der Waals surface area contributed by atoms with Crippen molar-refractivity contribution in [2.45, 2.75) is 25.9 Å². The summed E-state index contributed by atoms with van der Waals surface area (Å²) < 4.78 is 5.69. The maximum absolute atomic E-state index is 9.67. The number of rotatable bonds is 5. The third-order valence-corrected chi connectivity index (χ3v) is 3.86. The van der Waals surface area contributed by atoms with Gasteiger partial charge in [0.1, 0.15) is 12.4 Å². The van der Waals surface area contributed by atoms with Crippen LogP contribution in [0.15, 0.2) is 24.3 Å². The van der Waals surface area contributed by atoms with Crippen molar-refractivity contribution in [1.82, 2.24) is 4.90 Å². The highest BCUT2D eigenvalue weighted by Gasteiger charge is 2.22. The first-order valence-corrected chi connectivity index (χ1v) is 7.22. The smallest absolute Gasteiger partial charge is 0.120 e. The van der Waals surface area contributed by atoms with E-state index in [1.54, 1.807) is 12.1 Å². The fraction of sp³-hybridized carbons (Fsp3) is 0.562. The minimum absolute atomic E-state index is 0.231. The normalized spacial score (nSPS) is 21.1. The molecule has 0 saturated carbocycles. The molecule has 1 heterocycles. The summed E-state index contributed by atoms with van der Waals surface area (Å²) in [4.78, 5) is 2.34. The molecule has 0 amide bonds. The predicted molar refractivity (Wildman–Crippen MR) is 77.5 cm³/mol. The summed E-state index contributed by atoms with van der Waals surface area (Å²) >= 11 is 0. The Bertz CT molecular complexity index is 468. The van der Waals surface area contributed by atoms with Crippen molar-refractivity contribution in [2.24, 2.45) is 5.92 Å². The fourth-order valence-electron chi connectivity index (χ4n) is 2.64. The van der Waals surface area contributed by atoms with Crippen LogP contribution in [0.5, 0.6) is 5.75 Å². The van der Waals surface area contributed by atoms with E-state index in [4.69, 9.17) is 10.00 Å². The van der Waals surface area contributed by atoms with E-state index in [1.807, 2.05) is 19.1 Å². The molecule has 1 aliphatic heterocycles. The highest BCUT2D eigenvalue weighted by atomic mass is 16.5. The Balaban J connectivity index is 1.76. The van der Waals surface area contributed by atoms with E-state index < -0.39 is 0 Å². The number of likely N-dealkylation sites (tertiary alicyclic amines) is 1. The van der Waals surface area contributed by atoms with Crippen LogP contribution in [0.4, 0.5) is 0 Å². The van der Waals surface area contributed by atoms with Crippen molar-refractivity contribution in [3.63, 3.8) is 0 Å². The molecule has 1 saturated heterocycles. The minimum Gasteiger partial charge on any atom is -0.492 e. The van der Waals surface area contributed by atoms with Gasteiger partial charge in [0.15, 0.2) is 0 Å². The van der Waals surface area contributed by atoms with Gasteiger partial charge in [0.05, 0.1) is 17.7 Å². The molecule has 1 N–H and O–H groups in total. The summed E-state index contributed by atoms with van der Waals surface area (Å²) in [5, 5.41) is 18.5. The first-order valence-electron chi connectivity index (χ1n) is 7.22. The molecule has 1 aromatic rings. The van der Waals surface area contributed by atoms with Crippen LogP contribution in [0.1, 0.15) is 25.3 Å². The van der Waals surface area contributed by atoms with E-state index in [2.05, 4.69) is 11.0 Å². The predicted octanol–water partition coefficient (Wildman–Crippen LogP) is 2.03. The molecular weight excluding hydrogens is 252 g/mol. The molecule has 4 heteroatoms. The standard InChI is InChI=1S/C16H22N2O2/c1-13(19)15-5-3-7-18(12-15)8-9-20-16-6-2-4-14(10-16)11-17/h2,4,6,10,13,15,19H,3,5,7-9,12H2,1H3. The fourth-order valence-corrected chi connectivity index (χ4v) is 2.64. The summed E-state index contributed by atoms with van der Waals surface area (Å²) in [5.41, 5.74) is 0.620. The lowest BCUT2D eigenvalue weighted by molar-refractivity contribution is 0.0573. The largest absolute Gasteiger partial charge is 0.492 e. The van der Waals surface area contributed by atoms with Gasteiger partial charge < -0.3 is 9.84 Å². The molecular formula is C16H22N2O2. The maximum atomic E-state index is 9.67. The van der Waals surface area contributed by atoms with Crippen LogP contribution in [-0.4, -0.2) is 42.4 Å². The summed E-state index contributed by atoms with van der Waals surface area (Å²) in [6.45, 7) is 5.36. The SMILES string of the molecule is CC(O)C1CCCN(CCOc2cccc(C#N)c2)C1. The zero-order chi connectivity index (χ0) is 14.4. The first-order chi connectivity index (χ1) is 9.69. The number of hydrogen-bond donors (Lipinski definition) is 1. The van der Waals surface area contributed by atoms with Gasteiger partial charge in [0, 0.05) is 13.1 Å². The van der Waals surface area contributed by atoms with Gasteiger partial charge in [-0.25, -0.2) is 0 Å². The number of aliphatic hydroxyl groups excluding tert-OH is 1. The van der Waals surface area contributed by atoms with Crippen molar-refractivity contribution < 1.29 is 9.84 Å². The Labute approximate surface area is 120 Å². The van der Waals surface area contributed by atoms with Gasteiger partial charge >= 0.3 is 0 Å². The third kappa shape index (κ3) is 4.22. The molecule has 0 spiro atoms. The minimum atomic E-state index is -0.231. The molecule has 0 aliphatic carbocycles. The molecule has 4 nitrogen and oxygen atoms in total. The molecule has 20 heavy (non-hydrogen) atoms. The third-order valence-electron chi connectivity index (χ3n) is 3.86. The van der Waals surface area contributed by atoms with Gasteiger partial charge in [0.25, 0.3) is 0 Å². The number of nitrogens with zero attached hydrogens (tertiary/aromatic N) is 2. The molecule has 2 unspecified atom stereocenters. The van der Waals surface area contributed by atoms with Crippen molar-refractivity contribution in [3.05, 3.63) is 29.8 Å². The van der Waals surface area contributed by atoms with Crippen LogP contribution in [0.2, 0.25) is 0 Å². The second-order valence-corrected chi connectivity index (χ2v) is 5.43. The molecule has 108 valence electrons. The highest BCUT2D eigenvalue weighted by molar-refractivity contribution is 5.36. The maximum Gasteiger partial charge on any atom is 0.120 e. The summed E-state index contributed by atoms with van der Waals surface area (Å²) in [5.74, 6) is 1.12. The average Bonchev–Trinajstić information content (AvgIpc) is 2.48. The Morgan fingerprint density at radius 1 is 1.55 bits per heavy atom. The Hall–Kier alpha value is -1.57. The number of hydrogen-bond acceptors (Lipinski definition) is 4. The molecule has 2 atom stereocenters. The van der Waals surface area contributed by atoms with Gasteiger partial charge in [-0.15, -0.1) is 0 Å². The Morgan fingerprint density at radius 3 is 3.15 bits per heavy atom. The molecule has 0 bridgehead atoms. The van der Waals surface area contributed by atoms with E-state index in [-0.39, 0.29) is 6.10 Å². The van der Waals surface area contributed by atoms with E-state index in [0.29, 0.717) is 18.1 Å². The molecule has 0 radical (unpaired) electrons. The van der Waals surface area contributed by atoms with Crippen LogP contribution in [0.3, 0.4) is 0 Å². The van der Waals surface area contributed by atoms with Crippen LogP contribution in [0, 0.1) is 17.2 Å². The number of aliphatic hydroxyl groups is 1. The van der Waals surface area contributed by atoms with E-state index in [9.17, 15) is 5.11 Å². The van der Waals surface area contributed by atoms with Crippen LogP contribution in [0.25, 0.3) is 0 Å². The Morgan fingerprint density at radius 2 is 2.40 bits per heavy atom. The van der Waals surface area contributed by atoms with Crippen LogP contribution >= 0.6 is 0 Å². The van der Waals surface area contributed by atoms with Gasteiger partial charge in [-0.2, -0.15) is 5.26 Å². The van der Waals surface area contributed by atoms with Crippen LogP contribution < -0.4 is 4.74 Å². The Kier molecular flexibility index (Phi) is 5.40. The van der Waals surface area contributed by atoms with Gasteiger partial charge in [-0.05, 0) is 50.4 Å². The van der Waals surface area contributed by atoms with Crippen molar-refractivity contribution >= 4 is 0 Å². The van der Waals surface area contributed by atoms with Gasteiger partial charge in [0.2, 0.25) is 0 Å². The topological polar surface area (TPSA) is 56.5 Å². The number of benzene rings is 1. The highest BCUT2D eigenvalue weighted by Crippen LogP contribution is 2.19. The summed E-state index contributed by atoms with van der Waals surface area (Å²) in [6.07, 6.45) is 2.02. The monoisotopic (exact) mass is 274 g/mol. The second kappa shape index (κ2) is 7.28. The molecule has 2 rings (SSSR count). The van der Waals surface area contributed by atoms with Crippen molar-refractivity contribution in [2.75, 3.05) is 26.2 Å². The van der Waals surface area contributed by atoms with Gasteiger partial charge in [-0.3, -0.25) is 4.90 Å². The van der Waals surface area contributed by atoms with E-state index >= 15 is 0 Å². The number of ether oxygens (including phenoxy) is 1. The van der Waals surface area contributed by atoms with Crippen LogP contribution in [-0.2, 0) is 0 Å². The second-order valence-electron chi connectivity index (χ2n) is 5.43. The lowest BCUT2D eigenvalue weighted by Crippen LogP contribution is -2.41. The quantitative estimate of drug-likeness (QED) is 0.892. The average molecular weight is 274 g/mol. The lowest BCUT2D eigenvalue weighted by atomic mass is 9.93. The van der Waals surface area contributed by atoms with Crippen molar-refractivity contribution in [1.29, 1.82) is 5.26 Å². The summed E-state index contributed by atoms with van der Waals surface area (Å²) in [6, 6.07) is 9.34. The van der Waals surface area contributed by atoms with E-state index in [0.717, 1.165) is 38.2 Å². The first kappa shape index (κ1) is 14.8. The lowest BCUT2D eigenvalue weighted by Gasteiger charge is -2.33. The molecule has 1 fully saturated rings. The molecule has 1 aromatic carbocycles.